The number of aryl methyl sites for hydroxylation is 1. The zero-order valence-electron chi connectivity index (χ0n) is 14.8. The monoisotopic (exact) mass is 340 g/mol. The van der Waals surface area contributed by atoms with Gasteiger partial charge in [-0.1, -0.05) is 31.5 Å². The van der Waals surface area contributed by atoms with Crippen molar-refractivity contribution in [1.82, 2.24) is 0 Å². The van der Waals surface area contributed by atoms with E-state index in [2.05, 4.69) is 10.6 Å². The molecule has 0 aliphatic rings. The minimum atomic E-state index is -0.119. The van der Waals surface area contributed by atoms with Crippen molar-refractivity contribution in [2.45, 2.75) is 27.2 Å². The SMILES string of the molecule is Cc1ccc(OCCC(=O)Nc2ccc(NC(=O)C(C)C)cc2)cc1. The number of rotatable bonds is 7. The summed E-state index contributed by atoms with van der Waals surface area (Å²) in [5, 5.41) is 5.62. The molecule has 0 unspecified atom stereocenters. The Kier molecular flexibility index (Phi) is 6.57. The number of ether oxygens (including phenoxy) is 1. The highest BCUT2D eigenvalue weighted by Crippen LogP contribution is 2.15. The Labute approximate surface area is 148 Å². The van der Waals surface area contributed by atoms with Crippen molar-refractivity contribution in [3.8, 4) is 5.75 Å². The van der Waals surface area contributed by atoms with Gasteiger partial charge >= 0.3 is 0 Å². The predicted octanol–water partition coefficient (Wildman–Crippen LogP) is 4.00. The van der Waals surface area contributed by atoms with Gasteiger partial charge in [-0.25, -0.2) is 0 Å². The Balaban J connectivity index is 1.76. The lowest BCUT2D eigenvalue weighted by Crippen LogP contribution is -2.18. The molecular weight excluding hydrogens is 316 g/mol. The third kappa shape index (κ3) is 6.30. The number of anilines is 2. The highest BCUT2D eigenvalue weighted by atomic mass is 16.5. The summed E-state index contributed by atoms with van der Waals surface area (Å²) in [6.07, 6.45) is 0.264. The molecule has 0 fully saturated rings. The second kappa shape index (κ2) is 8.87. The highest BCUT2D eigenvalue weighted by molar-refractivity contribution is 5.93. The minimum Gasteiger partial charge on any atom is -0.493 e. The number of carbonyl (C=O) groups excluding carboxylic acids is 2. The molecule has 2 N–H and O–H groups in total. The van der Waals surface area contributed by atoms with E-state index in [4.69, 9.17) is 4.74 Å². The largest absolute Gasteiger partial charge is 0.493 e. The Morgan fingerprint density at radius 2 is 1.48 bits per heavy atom. The molecule has 132 valence electrons. The van der Waals surface area contributed by atoms with Crippen molar-refractivity contribution in [2.24, 2.45) is 5.92 Å². The first-order chi connectivity index (χ1) is 11.9. The zero-order chi connectivity index (χ0) is 18.2. The van der Waals surface area contributed by atoms with Crippen LogP contribution in [0.25, 0.3) is 0 Å². The van der Waals surface area contributed by atoms with Crippen LogP contribution in [0.4, 0.5) is 11.4 Å². The Bertz CT molecular complexity index is 707. The van der Waals surface area contributed by atoms with Gasteiger partial charge in [0.1, 0.15) is 5.75 Å². The summed E-state index contributed by atoms with van der Waals surface area (Å²) in [4.78, 5) is 23.6. The summed E-state index contributed by atoms with van der Waals surface area (Å²) < 4.78 is 5.55. The summed E-state index contributed by atoms with van der Waals surface area (Å²) in [6, 6.07) is 14.7. The maximum absolute atomic E-state index is 11.9. The van der Waals surface area contributed by atoms with Crippen molar-refractivity contribution < 1.29 is 14.3 Å². The molecule has 0 spiro atoms. The molecule has 0 atom stereocenters. The van der Waals surface area contributed by atoms with Crippen LogP contribution >= 0.6 is 0 Å². The summed E-state index contributed by atoms with van der Waals surface area (Å²) in [6.45, 7) is 6.00. The van der Waals surface area contributed by atoms with Crippen LogP contribution < -0.4 is 15.4 Å². The van der Waals surface area contributed by atoms with Gasteiger partial charge in [0.2, 0.25) is 11.8 Å². The fourth-order valence-electron chi connectivity index (χ4n) is 2.04. The van der Waals surface area contributed by atoms with Crippen LogP contribution in [-0.2, 0) is 9.59 Å². The molecule has 2 aromatic rings. The molecule has 0 radical (unpaired) electrons. The molecule has 2 aromatic carbocycles. The molecule has 0 aliphatic heterocycles. The second-order valence-corrected chi connectivity index (χ2v) is 6.18. The molecule has 0 heterocycles. The first kappa shape index (κ1) is 18.5. The first-order valence-corrected chi connectivity index (χ1v) is 8.34. The topological polar surface area (TPSA) is 67.4 Å². The lowest BCUT2D eigenvalue weighted by atomic mass is 10.2. The van der Waals surface area contributed by atoms with Gasteiger partial charge in [0.15, 0.2) is 0 Å². The fraction of sp³-hybridized carbons (Fsp3) is 0.300. The van der Waals surface area contributed by atoms with Crippen LogP contribution in [-0.4, -0.2) is 18.4 Å². The Hall–Kier alpha value is -2.82. The highest BCUT2D eigenvalue weighted by Gasteiger charge is 2.07. The van der Waals surface area contributed by atoms with Crippen LogP contribution in [0, 0.1) is 12.8 Å². The number of hydrogen-bond acceptors (Lipinski definition) is 3. The van der Waals surface area contributed by atoms with E-state index in [1.165, 1.54) is 0 Å². The van der Waals surface area contributed by atoms with E-state index >= 15 is 0 Å². The summed E-state index contributed by atoms with van der Waals surface area (Å²) >= 11 is 0. The first-order valence-electron chi connectivity index (χ1n) is 8.34. The van der Waals surface area contributed by atoms with Gasteiger partial charge < -0.3 is 15.4 Å². The van der Waals surface area contributed by atoms with Gasteiger partial charge in [0.05, 0.1) is 13.0 Å². The van der Waals surface area contributed by atoms with E-state index < -0.39 is 0 Å². The van der Waals surface area contributed by atoms with Gasteiger partial charge in [-0.2, -0.15) is 0 Å². The van der Waals surface area contributed by atoms with E-state index in [0.29, 0.717) is 18.0 Å². The van der Waals surface area contributed by atoms with E-state index in [9.17, 15) is 9.59 Å². The van der Waals surface area contributed by atoms with E-state index in [-0.39, 0.29) is 24.2 Å². The molecule has 0 saturated carbocycles. The quantitative estimate of drug-likeness (QED) is 0.800. The average Bonchev–Trinajstić information content (AvgIpc) is 2.58. The third-order valence-electron chi connectivity index (χ3n) is 3.58. The van der Waals surface area contributed by atoms with Gasteiger partial charge in [-0.15, -0.1) is 0 Å². The molecule has 0 saturated heterocycles. The summed E-state index contributed by atoms with van der Waals surface area (Å²) in [5.74, 6) is 0.521. The zero-order valence-corrected chi connectivity index (χ0v) is 14.8. The predicted molar refractivity (Wildman–Crippen MR) is 99.8 cm³/mol. The van der Waals surface area contributed by atoms with Crippen molar-refractivity contribution in [3.05, 3.63) is 54.1 Å². The van der Waals surface area contributed by atoms with Crippen molar-refractivity contribution in [2.75, 3.05) is 17.2 Å². The normalized spacial score (nSPS) is 10.4. The number of benzene rings is 2. The number of hydrogen-bond donors (Lipinski definition) is 2. The average molecular weight is 340 g/mol. The Morgan fingerprint density at radius 3 is 2.04 bits per heavy atom. The van der Waals surface area contributed by atoms with Crippen molar-refractivity contribution in [1.29, 1.82) is 0 Å². The molecule has 0 aromatic heterocycles. The molecule has 5 heteroatoms. The number of nitrogens with one attached hydrogen (secondary N) is 2. The van der Waals surface area contributed by atoms with Gasteiger partial charge in [-0.05, 0) is 43.3 Å². The molecular formula is C20H24N2O3. The van der Waals surface area contributed by atoms with Crippen LogP contribution in [0.5, 0.6) is 5.75 Å². The number of carbonyl (C=O) groups is 2. The van der Waals surface area contributed by atoms with Crippen LogP contribution in [0.3, 0.4) is 0 Å². The minimum absolute atomic E-state index is 0.0370. The van der Waals surface area contributed by atoms with Crippen LogP contribution in [0.15, 0.2) is 48.5 Å². The van der Waals surface area contributed by atoms with Crippen LogP contribution in [0.1, 0.15) is 25.8 Å². The van der Waals surface area contributed by atoms with Crippen LogP contribution in [0.2, 0.25) is 0 Å². The van der Waals surface area contributed by atoms with E-state index in [0.717, 1.165) is 11.3 Å². The second-order valence-electron chi connectivity index (χ2n) is 6.18. The van der Waals surface area contributed by atoms with E-state index in [1.807, 2.05) is 45.0 Å². The third-order valence-corrected chi connectivity index (χ3v) is 3.58. The maximum Gasteiger partial charge on any atom is 0.227 e. The van der Waals surface area contributed by atoms with Gasteiger partial charge in [0.25, 0.3) is 0 Å². The van der Waals surface area contributed by atoms with E-state index in [1.54, 1.807) is 24.3 Å². The number of amides is 2. The van der Waals surface area contributed by atoms with Crippen molar-refractivity contribution >= 4 is 23.2 Å². The molecule has 25 heavy (non-hydrogen) atoms. The van der Waals surface area contributed by atoms with Gasteiger partial charge in [0, 0.05) is 17.3 Å². The molecule has 0 bridgehead atoms. The van der Waals surface area contributed by atoms with Gasteiger partial charge in [-0.3, -0.25) is 9.59 Å². The summed E-state index contributed by atoms with van der Waals surface area (Å²) in [5.41, 5.74) is 2.56. The molecule has 2 rings (SSSR count). The van der Waals surface area contributed by atoms with Crippen molar-refractivity contribution in [3.63, 3.8) is 0 Å². The molecule has 5 nitrogen and oxygen atoms in total. The standard InChI is InChI=1S/C20H24N2O3/c1-14(2)20(24)22-17-8-6-16(7-9-17)21-19(23)12-13-25-18-10-4-15(3)5-11-18/h4-11,14H,12-13H2,1-3H3,(H,21,23)(H,22,24). The Morgan fingerprint density at radius 1 is 0.920 bits per heavy atom. The lowest BCUT2D eigenvalue weighted by molar-refractivity contribution is -0.119. The molecule has 2 amide bonds. The molecule has 0 aliphatic carbocycles. The summed E-state index contributed by atoms with van der Waals surface area (Å²) in [7, 11) is 0. The lowest BCUT2D eigenvalue weighted by Gasteiger charge is -2.10. The smallest absolute Gasteiger partial charge is 0.227 e. The maximum atomic E-state index is 11.9. The fourth-order valence-corrected chi connectivity index (χ4v) is 2.04.